The predicted octanol–water partition coefficient (Wildman–Crippen LogP) is 2.47. The second-order valence-electron chi connectivity index (χ2n) is 5.01. The summed E-state index contributed by atoms with van der Waals surface area (Å²) < 4.78 is 0. The molecule has 102 valence electrons. The number of nitrogens with zero attached hydrogens (tertiary/aromatic N) is 1. The minimum Gasteiger partial charge on any atom is -0.504 e. The lowest BCUT2D eigenvalue weighted by Gasteiger charge is -2.27. The third-order valence-corrected chi connectivity index (χ3v) is 2.58. The van der Waals surface area contributed by atoms with Crippen molar-refractivity contribution in [2.45, 2.75) is 26.8 Å². The highest BCUT2D eigenvalue weighted by Gasteiger charge is 2.27. The summed E-state index contributed by atoms with van der Waals surface area (Å²) in [6, 6.07) is 1.95. The molecule has 0 saturated heterocycles. The van der Waals surface area contributed by atoms with Crippen LogP contribution in [0.2, 0.25) is 0 Å². The first-order valence-electron chi connectivity index (χ1n) is 5.10. The fourth-order valence-electron chi connectivity index (χ4n) is 1.44. The maximum absolute atomic E-state index is 10.7. The van der Waals surface area contributed by atoms with Gasteiger partial charge in [-0.25, -0.2) is 0 Å². The molecule has 0 amide bonds. The molecular weight excluding hydrogens is 260 g/mol. The number of hydrogen-bond acceptors (Lipinski definition) is 5. The number of benzene rings is 1. The van der Waals surface area contributed by atoms with Crippen LogP contribution in [0.4, 0.5) is 5.69 Å². The quantitative estimate of drug-likeness (QED) is 0.437. The Bertz CT molecular complexity index is 457. The van der Waals surface area contributed by atoms with Gasteiger partial charge in [-0.3, -0.25) is 10.1 Å². The Kier molecular flexibility index (Phi) is 4.95. The van der Waals surface area contributed by atoms with Crippen molar-refractivity contribution in [3.8, 4) is 11.5 Å². The molecule has 6 nitrogen and oxygen atoms in total. The third kappa shape index (κ3) is 3.24. The molecule has 0 aliphatic carbocycles. The molecule has 1 rings (SSSR count). The summed E-state index contributed by atoms with van der Waals surface area (Å²) in [4.78, 5) is 9.94. The van der Waals surface area contributed by atoms with Crippen LogP contribution in [0.15, 0.2) is 12.1 Å². The highest BCUT2D eigenvalue weighted by molar-refractivity contribution is 5.85. The zero-order valence-corrected chi connectivity index (χ0v) is 11.2. The smallest absolute Gasteiger partial charge is 0.314 e. The second-order valence-corrected chi connectivity index (χ2v) is 5.01. The van der Waals surface area contributed by atoms with Gasteiger partial charge in [-0.1, -0.05) is 20.8 Å². The van der Waals surface area contributed by atoms with E-state index in [1.165, 1.54) is 12.1 Å². The fraction of sp³-hybridized carbons (Fsp3) is 0.455. The molecule has 0 heterocycles. The largest absolute Gasteiger partial charge is 0.504 e. The minimum atomic E-state index is -0.756. The van der Waals surface area contributed by atoms with Crippen LogP contribution in [-0.4, -0.2) is 15.1 Å². The van der Waals surface area contributed by atoms with Gasteiger partial charge in [-0.15, -0.1) is 12.4 Å². The average molecular weight is 277 g/mol. The first-order valence-corrected chi connectivity index (χ1v) is 5.10. The van der Waals surface area contributed by atoms with E-state index in [2.05, 4.69) is 0 Å². The van der Waals surface area contributed by atoms with Crippen molar-refractivity contribution < 1.29 is 15.1 Å². The molecule has 0 unspecified atom stereocenters. The molecule has 0 fully saturated rings. The highest BCUT2D eigenvalue weighted by atomic mass is 35.5. The van der Waals surface area contributed by atoms with Crippen LogP contribution in [-0.2, 0) is 0 Å². The van der Waals surface area contributed by atoms with Gasteiger partial charge in [0.25, 0.3) is 0 Å². The van der Waals surface area contributed by atoms with E-state index in [0.29, 0.717) is 5.56 Å². The standard InChI is InChI=1S/C11H16N2O4.ClH/c1-11(2,3)10(12)6-4-7(13(16)17)9(15)8(14)5-6;/h4-5,10,14-15H,12H2,1-3H3;1H/t10-;/m1./s1. The number of aromatic hydroxyl groups is 2. The summed E-state index contributed by atoms with van der Waals surface area (Å²) in [7, 11) is 0. The number of hydrogen-bond donors (Lipinski definition) is 3. The summed E-state index contributed by atoms with van der Waals surface area (Å²) in [6.45, 7) is 5.65. The van der Waals surface area contributed by atoms with Gasteiger partial charge in [0.2, 0.25) is 5.75 Å². The van der Waals surface area contributed by atoms with Crippen LogP contribution in [0.3, 0.4) is 0 Å². The first kappa shape index (κ1) is 16.5. The van der Waals surface area contributed by atoms with E-state index in [4.69, 9.17) is 5.73 Å². The number of halogens is 1. The van der Waals surface area contributed by atoms with Crippen LogP contribution in [0.5, 0.6) is 11.5 Å². The number of phenolic OH excluding ortho intramolecular Hbond substituents is 2. The molecule has 1 aromatic carbocycles. The topological polar surface area (TPSA) is 110 Å². The maximum Gasteiger partial charge on any atom is 0.314 e. The molecule has 18 heavy (non-hydrogen) atoms. The van der Waals surface area contributed by atoms with Crippen LogP contribution in [0.25, 0.3) is 0 Å². The Balaban J connectivity index is 0.00000289. The Morgan fingerprint density at radius 3 is 2.22 bits per heavy atom. The normalized spacial score (nSPS) is 12.7. The molecule has 0 spiro atoms. The molecule has 0 aliphatic heterocycles. The molecule has 0 radical (unpaired) electrons. The summed E-state index contributed by atoms with van der Waals surface area (Å²) in [5.41, 5.74) is 5.51. The van der Waals surface area contributed by atoms with Crippen LogP contribution < -0.4 is 5.73 Å². The Morgan fingerprint density at radius 1 is 1.33 bits per heavy atom. The van der Waals surface area contributed by atoms with Crippen LogP contribution >= 0.6 is 12.4 Å². The minimum absolute atomic E-state index is 0. The van der Waals surface area contributed by atoms with Crippen molar-refractivity contribution in [3.05, 3.63) is 27.8 Å². The second kappa shape index (κ2) is 5.41. The fourth-order valence-corrected chi connectivity index (χ4v) is 1.44. The lowest BCUT2D eigenvalue weighted by Crippen LogP contribution is -2.26. The maximum atomic E-state index is 10.7. The van der Waals surface area contributed by atoms with Gasteiger partial charge in [0.1, 0.15) is 0 Å². The molecule has 0 bridgehead atoms. The number of nitrogens with two attached hydrogens (primary N) is 1. The van der Waals surface area contributed by atoms with Gasteiger partial charge in [0.05, 0.1) is 4.92 Å². The molecule has 1 aromatic rings. The Labute approximate surface area is 111 Å². The molecule has 1 atom stereocenters. The van der Waals surface area contributed by atoms with Gasteiger partial charge in [0, 0.05) is 12.1 Å². The van der Waals surface area contributed by atoms with Crippen molar-refractivity contribution in [2.75, 3.05) is 0 Å². The van der Waals surface area contributed by atoms with Gasteiger partial charge in [-0.2, -0.15) is 0 Å². The van der Waals surface area contributed by atoms with Crippen molar-refractivity contribution in [1.29, 1.82) is 0 Å². The van der Waals surface area contributed by atoms with Gasteiger partial charge in [0.15, 0.2) is 5.75 Å². The van der Waals surface area contributed by atoms with Crippen LogP contribution in [0, 0.1) is 15.5 Å². The molecule has 4 N–H and O–H groups in total. The Morgan fingerprint density at radius 2 is 1.83 bits per heavy atom. The van der Waals surface area contributed by atoms with Crippen molar-refractivity contribution in [1.82, 2.24) is 0 Å². The zero-order chi connectivity index (χ0) is 13.4. The van der Waals surface area contributed by atoms with E-state index in [9.17, 15) is 20.3 Å². The van der Waals surface area contributed by atoms with Gasteiger partial charge < -0.3 is 15.9 Å². The zero-order valence-electron chi connectivity index (χ0n) is 10.4. The van der Waals surface area contributed by atoms with E-state index in [0.717, 1.165) is 0 Å². The molecule has 7 heteroatoms. The lowest BCUT2D eigenvalue weighted by atomic mass is 9.83. The van der Waals surface area contributed by atoms with E-state index in [-0.39, 0.29) is 17.8 Å². The number of nitro benzene ring substituents is 1. The van der Waals surface area contributed by atoms with Gasteiger partial charge >= 0.3 is 5.69 Å². The monoisotopic (exact) mass is 276 g/mol. The number of phenols is 2. The molecule has 0 aliphatic rings. The van der Waals surface area contributed by atoms with E-state index in [1.54, 1.807) is 0 Å². The van der Waals surface area contributed by atoms with E-state index < -0.39 is 28.2 Å². The molecule has 0 saturated carbocycles. The third-order valence-electron chi connectivity index (χ3n) is 2.58. The summed E-state index contributed by atoms with van der Waals surface area (Å²) in [5, 5.41) is 29.5. The SMILES string of the molecule is CC(C)(C)[C@H](N)c1cc(O)c(O)c([N+](=O)[O-])c1.Cl. The summed E-state index contributed by atoms with van der Waals surface area (Å²) >= 11 is 0. The number of nitro groups is 1. The Hall–Kier alpha value is -1.53. The van der Waals surface area contributed by atoms with E-state index in [1.807, 2.05) is 20.8 Å². The predicted molar refractivity (Wildman–Crippen MR) is 70.1 cm³/mol. The molecular formula is C11H17ClN2O4. The van der Waals surface area contributed by atoms with Crippen molar-refractivity contribution in [2.24, 2.45) is 11.1 Å². The van der Waals surface area contributed by atoms with Gasteiger partial charge in [-0.05, 0) is 17.0 Å². The lowest BCUT2D eigenvalue weighted by molar-refractivity contribution is -0.386. The van der Waals surface area contributed by atoms with Crippen molar-refractivity contribution >= 4 is 18.1 Å². The van der Waals surface area contributed by atoms with E-state index >= 15 is 0 Å². The highest BCUT2D eigenvalue weighted by Crippen LogP contribution is 2.40. The summed E-state index contributed by atoms with van der Waals surface area (Å²) in [6.07, 6.45) is 0. The average Bonchev–Trinajstić information content (AvgIpc) is 2.19. The van der Waals surface area contributed by atoms with Crippen LogP contribution in [0.1, 0.15) is 32.4 Å². The number of rotatable bonds is 2. The van der Waals surface area contributed by atoms with Crippen molar-refractivity contribution in [3.63, 3.8) is 0 Å². The summed E-state index contributed by atoms with van der Waals surface area (Å²) in [5.74, 6) is -1.27. The first-order chi connectivity index (χ1) is 7.64. The molecule has 0 aromatic heterocycles.